The summed E-state index contributed by atoms with van der Waals surface area (Å²) in [6, 6.07) is 7.93. The Labute approximate surface area is 162 Å². The fourth-order valence-corrected chi connectivity index (χ4v) is 3.37. The second-order valence-electron chi connectivity index (χ2n) is 6.90. The molecule has 0 spiro atoms. The maximum absolute atomic E-state index is 13.0. The van der Waals surface area contributed by atoms with Gasteiger partial charge in [0.05, 0.1) is 0 Å². The van der Waals surface area contributed by atoms with E-state index in [4.69, 9.17) is 0 Å². The van der Waals surface area contributed by atoms with Crippen LogP contribution >= 0.6 is 0 Å². The fourth-order valence-electron chi connectivity index (χ4n) is 3.37. The van der Waals surface area contributed by atoms with Crippen LogP contribution in [-0.4, -0.2) is 38.0 Å². The van der Waals surface area contributed by atoms with Crippen LogP contribution in [0, 0.1) is 5.82 Å². The average Bonchev–Trinajstić information content (AvgIpc) is 3.21. The SMILES string of the molecule is C[C@@H]1CCCCN1c1cc(-n2cnc(C(=O)Nc3ccc(F)cc3)c2)ncn1. The third-order valence-electron chi connectivity index (χ3n) is 4.92. The van der Waals surface area contributed by atoms with E-state index in [9.17, 15) is 9.18 Å². The van der Waals surface area contributed by atoms with Crippen molar-refractivity contribution >= 4 is 17.4 Å². The molecule has 0 aliphatic carbocycles. The number of nitrogens with one attached hydrogen (secondary N) is 1. The van der Waals surface area contributed by atoms with Gasteiger partial charge >= 0.3 is 0 Å². The van der Waals surface area contributed by atoms with Crippen molar-refractivity contribution in [3.05, 3.63) is 60.7 Å². The molecule has 1 aliphatic rings. The second kappa shape index (κ2) is 7.75. The average molecular weight is 380 g/mol. The van der Waals surface area contributed by atoms with Crippen LogP contribution in [0.1, 0.15) is 36.7 Å². The van der Waals surface area contributed by atoms with Crippen molar-refractivity contribution in [2.75, 3.05) is 16.8 Å². The quantitative estimate of drug-likeness (QED) is 0.750. The van der Waals surface area contributed by atoms with Crippen LogP contribution in [0.2, 0.25) is 0 Å². The standard InChI is InChI=1S/C20H21FN6O/c1-14-4-2-3-9-27(14)19-10-18(22-12-23-19)26-11-17(24-13-26)20(28)25-16-7-5-15(21)6-8-16/h5-8,10-14H,2-4,9H2,1H3,(H,25,28)/t14-/m1/s1. The number of hydrogen-bond donors (Lipinski definition) is 1. The molecule has 0 saturated carbocycles. The normalized spacial score (nSPS) is 16.8. The third-order valence-corrected chi connectivity index (χ3v) is 4.92. The number of nitrogens with zero attached hydrogens (tertiary/aromatic N) is 5. The summed E-state index contributed by atoms with van der Waals surface area (Å²) >= 11 is 0. The molecule has 144 valence electrons. The number of anilines is 2. The van der Waals surface area contributed by atoms with Gasteiger partial charge in [-0.2, -0.15) is 0 Å². The molecule has 2 aromatic heterocycles. The van der Waals surface area contributed by atoms with E-state index in [-0.39, 0.29) is 17.4 Å². The molecule has 3 heterocycles. The second-order valence-corrected chi connectivity index (χ2v) is 6.90. The van der Waals surface area contributed by atoms with Gasteiger partial charge in [0.1, 0.15) is 35.8 Å². The molecule has 1 N–H and O–H groups in total. The lowest BCUT2D eigenvalue weighted by molar-refractivity contribution is 0.102. The minimum Gasteiger partial charge on any atom is -0.354 e. The highest BCUT2D eigenvalue weighted by atomic mass is 19.1. The summed E-state index contributed by atoms with van der Waals surface area (Å²) in [5.74, 6) is 0.800. The van der Waals surface area contributed by atoms with Gasteiger partial charge in [-0.3, -0.25) is 9.36 Å². The predicted octanol–water partition coefficient (Wildman–Crippen LogP) is 3.43. The molecular weight excluding hydrogens is 359 g/mol. The molecule has 1 saturated heterocycles. The fraction of sp³-hybridized carbons (Fsp3) is 0.300. The first-order valence-corrected chi connectivity index (χ1v) is 9.30. The number of piperidine rings is 1. The van der Waals surface area contributed by atoms with E-state index >= 15 is 0 Å². The first-order chi connectivity index (χ1) is 13.6. The van der Waals surface area contributed by atoms with E-state index in [2.05, 4.69) is 32.1 Å². The minimum absolute atomic E-state index is 0.246. The Morgan fingerprint density at radius 1 is 1.14 bits per heavy atom. The molecule has 1 fully saturated rings. The lowest BCUT2D eigenvalue weighted by atomic mass is 10.0. The van der Waals surface area contributed by atoms with Gasteiger partial charge < -0.3 is 10.2 Å². The van der Waals surface area contributed by atoms with E-state index in [1.54, 1.807) is 17.1 Å². The van der Waals surface area contributed by atoms with Crippen LogP contribution in [0.25, 0.3) is 5.82 Å². The maximum Gasteiger partial charge on any atom is 0.275 e. The largest absolute Gasteiger partial charge is 0.354 e. The van der Waals surface area contributed by atoms with Crippen LogP contribution in [0.15, 0.2) is 49.2 Å². The highest BCUT2D eigenvalue weighted by molar-refractivity contribution is 6.02. The smallest absolute Gasteiger partial charge is 0.275 e. The van der Waals surface area contributed by atoms with E-state index < -0.39 is 0 Å². The van der Waals surface area contributed by atoms with Crippen LogP contribution in [0.3, 0.4) is 0 Å². The van der Waals surface area contributed by atoms with Gasteiger partial charge in [-0.05, 0) is 50.5 Å². The monoisotopic (exact) mass is 380 g/mol. The van der Waals surface area contributed by atoms with E-state index in [0.717, 1.165) is 25.2 Å². The molecular formula is C20H21FN6O. The Morgan fingerprint density at radius 2 is 1.93 bits per heavy atom. The molecule has 1 atom stereocenters. The number of amides is 1. The summed E-state index contributed by atoms with van der Waals surface area (Å²) in [7, 11) is 0. The van der Waals surface area contributed by atoms with Crippen LogP contribution in [0.4, 0.5) is 15.9 Å². The zero-order valence-electron chi connectivity index (χ0n) is 15.5. The summed E-state index contributed by atoms with van der Waals surface area (Å²) < 4.78 is 14.7. The first kappa shape index (κ1) is 18.1. The Kier molecular flexibility index (Phi) is 5.01. The lowest BCUT2D eigenvalue weighted by Gasteiger charge is -2.34. The zero-order valence-corrected chi connectivity index (χ0v) is 15.5. The van der Waals surface area contributed by atoms with E-state index in [1.807, 2.05) is 6.07 Å². The van der Waals surface area contributed by atoms with Gasteiger partial charge in [0.15, 0.2) is 0 Å². The third kappa shape index (κ3) is 3.85. The van der Waals surface area contributed by atoms with E-state index in [0.29, 0.717) is 17.5 Å². The summed E-state index contributed by atoms with van der Waals surface area (Å²) in [4.78, 5) is 27.6. The van der Waals surface area contributed by atoms with Gasteiger partial charge in [0.2, 0.25) is 0 Å². The molecule has 0 unspecified atom stereocenters. The van der Waals surface area contributed by atoms with Crippen molar-refractivity contribution in [3.8, 4) is 5.82 Å². The van der Waals surface area contributed by atoms with Crippen molar-refractivity contribution in [2.45, 2.75) is 32.2 Å². The molecule has 1 aromatic carbocycles. The van der Waals surface area contributed by atoms with Crippen LogP contribution in [-0.2, 0) is 0 Å². The number of aromatic nitrogens is 4. The van der Waals surface area contributed by atoms with Gasteiger partial charge in [-0.25, -0.2) is 19.3 Å². The van der Waals surface area contributed by atoms with Crippen molar-refractivity contribution in [2.24, 2.45) is 0 Å². The maximum atomic E-state index is 13.0. The highest BCUT2D eigenvalue weighted by Gasteiger charge is 2.20. The zero-order chi connectivity index (χ0) is 19.5. The molecule has 1 amide bonds. The number of benzene rings is 1. The van der Waals surface area contributed by atoms with Crippen molar-refractivity contribution in [3.63, 3.8) is 0 Å². The Hall–Kier alpha value is -3.29. The molecule has 28 heavy (non-hydrogen) atoms. The number of imidazole rings is 1. The molecule has 0 radical (unpaired) electrons. The molecule has 0 bridgehead atoms. The molecule has 1 aliphatic heterocycles. The highest BCUT2D eigenvalue weighted by Crippen LogP contribution is 2.23. The Bertz CT molecular complexity index is 971. The summed E-state index contributed by atoms with van der Waals surface area (Å²) in [6.45, 7) is 3.18. The summed E-state index contributed by atoms with van der Waals surface area (Å²) in [6.07, 6.45) is 8.24. The van der Waals surface area contributed by atoms with Gasteiger partial charge in [-0.15, -0.1) is 0 Å². The van der Waals surface area contributed by atoms with Crippen molar-refractivity contribution < 1.29 is 9.18 Å². The van der Waals surface area contributed by atoms with Crippen LogP contribution in [0.5, 0.6) is 0 Å². The number of carbonyl (C=O) groups excluding carboxylic acids is 1. The molecule has 3 aromatic rings. The van der Waals surface area contributed by atoms with Gasteiger partial charge in [-0.1, -0.05) is 0 Å². The number of halogens is 1. The molecule has 7 nitrogen and oxygen atoms in total. The topological polar surface area (TPSA) is 75.9 Å². The van der Waals surface area contributed by atoms with E-state index in [1.165, 1.54) is 37.0 Å². The number of rotatable bonds is 4. The number of carbonyl (C=O) groups is 1. The van der Waals surface area contributed by atoms with Crippen molar-refractivity contribution in [1.82, 2.24) is 19.5 Å². The Balaban J connectivity index is 1.51. The summed E-state index contributed by atoms with van der Waals surface area (Å²) in [5, 5.41) is 2.70. The summed E-state index contributed by atoms with van der Waals surface area (Å²) in [5.41, 5.74) is 0.750. The molecule has 4 rings (SSSR count). The predicted molar refractivity (Wildman–Crippen MR) is 104 cm³/mol. The Morgan fingerprint density at radius 3 is 2.71 bits per heavy atom. The molecule has 8 heteroatoms. The van der Waals surface area contributed by atoms with Gasteiger partial charge in [0.25, 0.3) is 5.91 Å². The van der Waals surface area contributed by atoms with Gasteiger partial charge in [0, 0.05) is 30.5 Å². The van der Waals surface area contributed by atoms with Crippen molar-refractivity contribution in [1.29, 1.82) is 0 Å². The first-order valence-electron chi connectivity index (χ1n) is 9.30. The lowest BCUT2D eigenvalue weighted by Crippen LogP contribution is -2.38. The minimum atomic E-state index is -0.371. The number of hydrogen-bond acceptors (Lipinski definition) is 5. The van der Waals surface area contributed by atoms with Crippen LogP contribution < -0.4 is 10.2 Å².